The predicted octanol–water partition coefficient (Wildman–Crippen LogP) is 2.98. The van der Waals surface area contributed by atoms with Crippen LogP contribution in [0.25, 0.3) is 0 Å². The van der Waals surface area contributed by atoms with Gasteiger partial charge in [-0.1, -0.05) is 0 Å². The minimum Gasteiger partial charge on any atom is -0.478 e. The van der Waals surface area contributed by atoms with Gasteiger partial charge in [-0.05, 0) is 24.3 Å². The third kappa shape index (κ3) is 3.57. The first-order valence-corrected chi connectivity index (χ1v) is 6.81. The van der Waals surface area contributed by atoms with E-state index in [1.165, 1.54) is 36.6 Å². The average molecular weight is 309 g/mol. The monoisotopic (exact) mass is 309 g/mol. The van der Waals surface area contributed by atoms with Crippen LogP contribution < -0.4 is 5.32 Å². The number of rotatable bonds is 5. The minimum absolute atomic E-state index is 0.153. The molecule has 2 aromatic rings. The van der Waals surface area contributed by atoms with Crippen LogP contribution in [-0.2, 0) is 11.3 Å². The van der Waals surface area contributed by atoms with Crippen LogP contribution in [-0.4, -0.2) is 24.2 Å². The van der Waals surface area contributed by atoms with E-state index in [0.717, 1.165) is 4.88 Å². The minimum atomic E-state index is -0.979. The summed E-state index contributed by atoms with van der Waals surface area (Å²) in [6.07, 6.45) is 0. The summed E-state index contributed by atoms with van der Waals surface area (Å²) in [6, 6.07) is 5.58. The van der Waals surface area contributed by atoms with Crippen LogP contribution in [0, 0.1) is 5.82 Å². The van der Waals surface area contributed by atoms with Crippen molar-refractivity contribution in [3.05, 3.63) is 51.5 Å². The molecule has 0 radical (unpaired) electrons. The zero-order valence-electron chi connectivity index (χ0n) is 11.1. The van der Waals surface area contributed by atoms with Crippen molar-refractivity contribution in [3.63, 3.8) is 0 Å². The Morgan fingerprint density at radius 1 is 1.38 bits per heavy atom. The number of nitrogens with one attached hydrogen (secondary N) is 1. The van der Waals surface area contributed by atoms with Gasteiger partial charge in [-0.3, -0.25) is 0 Å². The van der Waals surface area contributed by atoms with E-state index in [-0.39, 0.29) is 11.1 Å². The molecule has 0 aliphatic rings. The number of halogens is 1. The molecule has 7 heteroatoms. The number of carbonyl (C=O) groups excluding carboxylic acids is 1. The Hall–Kier alpha value is -2.41. The van der Waals surface area contributed by atoms with Gasteiger partial charge in [0.25, 0.3) is 0 Å². The van der Waals surface area contributed by atoms with E-state index in [0.29, 0.717) is 12.2 Å². The third-order valence-electron chi connectivity index (χ3n) is 2.74. The second kappa shape index (κ2) is 6.36. The van der Waals surface area contributed by atoms with Gasteiger partial charge in [-0.2, -0.15) is 0 Å². The number of aromatic carboxylic acids is 1. The van der Waals surface area contributed by atoms with Gasteiger partial charge in [0.2, 0.25) is 0 Å². The Morgan fingerprint density at radius 2 is 2.14 bits per heavy atom. The van der Waals surface area contributed by atoms with Gasteiger partial charge in [0.05, 0.1) is 18.2 Å². The number of benzene rings is 1. The van der Waals surface area contributed by atoms with E-state index in [1.54, 1.807) is 11.4 Å². The van der Waals surface area contributed by atoms with E-state index in [4.69, 9.17) is 5.11 Å². The molecule has 21 heavy (non-hydrogen) atoms. The number of carboxylic acid groups (broad SMARTS) is 1. The Morgan fingerprint density at radius 3 is 2.76 bits per heavy atom. The van der Waals surface area contributed by atoms with Crippen molar-refractivity contribution in [1.29, 1.82) is 0 Å². The van der Waals surface area contributed by atoms with Crippen molar-refractivity contribution in [2.24, 2.45) is 0 Å². The Labute approximate surface area is 124 Å². The van der Waals surface area contributed by atoms with Gasteiger partial charge >= 0.3 is 11.9 Å². The number of ether oxygens (including phenoxy) is 1. The van der Waals surface area contributed by atoms with Gasteiger partial charge in [0.1, 0.15) is 5.82 Å². The Kier molecular flexibility index (Phi) is 4.54. The summed E-state index contributed by atoms with van der Waals surface area (Å²) in [5.41, 5.74) is 0.619. The molecule has 0 aliphatic heterocycles. The molecule has 0 amide bonds. The van der Waals surface area contributed by atoms with Gasteiger partial charge in [-0.25, -0.2) is 14.0 Å². The number of hydrogen-bond donors (Lipinski definition) is 2. The van der Waals surface area contributed by atoms with E-state index >= 15 is 0 Å². The highest BCUT2D eigenvalue weighted by Gasteiger charge is 2.13. The summed E-state index contributed by atoms with van der Waals surface area (Å²) in [7, 11) is 1.18. The molecule has 0 bridgehead atoms. The molecule has 0 saturated heterocycles. The molecule has 0 spiro atoms. The van der Waals surface area contributed by atoms with Crippen LogP contribution >= 0.6 is 11.3 Å². The van der Waals surface area contributed by atoms with E-state index in [1.807, 2.05) is 0 Å². The molecule has 1 heterocycles. The number of methoxy groups -OCH3 is 1. The lowest BCUT2D eigenvalue weighted by Crippen LogP contribution is -2.06. The van der Waals surface area contributed by atoms with Gasteiger partial charge in [0.15, 0.2) is 0 Å². The third-order valence-corrected chi connectivity index (χ3v) is 3.68. The van der Waals surface area contributed by atoms with Gasteiger partial charge in [0, 0.05) is 22.5 Å². The number of anilines is 1. The average Bonchev–Trinajstić information content (AvgIpc) is 2.94. The number of carbonyl (C=O) groups is 2. The first kappa shape index (κ1) is 15.0. The standard InChI is InChI=1S/C14H12FNO4S/c1-20-14(19)11-5-9(2-3-12(11)15)16-6-10-4-8(7-21-10)13(17)18/h2-5,7,16H,6H2,1H3,(H,17,18). The number of thiophene rings is 1. The molecule has 0 aliphatic carbocycles. The molecule has 0 unspecified atom stereocenters. The molecule has 2 N–H and O–H groups in total. The molecule has 1 aromatic carbocycles. The first-order chi connectivity index (χ1) is 10.0. The fourth-order valence-electron chi connectivity index (χ4n) is 1.68. The molecule has 0 fully saturated rings. The number of hydrogen-bond acceptors (Lipinski definition) is 5. The van der Waals surface area contributed by atoms with Crippen molar-refractivity contribution in [1.82, 2.24) is 0 Å². The number of carboxylic acids is 1. The zero-order chi connectivity index (χ0) is 15.4. The topological polar surface area (TPSA) is 75.6 Å². The SMILES string of the molecule is COC(=O)c1cc(NCc2cc(C(=O)O)cs2)ccc1F. The van der Waals surface area contributed by atoms with E-state index in [9.17, 15) is 14.0 Å². The lowest BCUT2D eigenvalue weighted by atomic mass is 10.2. The maximum Gasteiger partial charge on any atom is 0.340 e. The molecule has 0 saturated carbocycles. The second-order valence-electron chi connectivity index (χ2n) is 4.15. The Bertz CT molecular complexity index is 683. The maximum atomic E-state index is 13.5. The van der Waals surface area contributed by atoms with Crippen molar-refractivity contribution < 1.29 is 23.8 Å². The van der Waals surface area contributed by atoms with Crippen molar-refractivity contribution in [2.75, 3.05) is 12.4 Å². The molecule has 5 nitrogen and oxygen atoms in total. The summed E-state index contributed by atoms with van der Waals surface area (Å²) in [5.74, 6) is -2.38. The zero-order valence-corrected chi connectivity index (χ0v) is 11.9. The smallest absolute Gasteiger partial charge is 0.340 e. The summed E-state index contributed by atoms with van der Waals surface area (Å²) in [6.45, 7) is 0.379. The molecule has 2 rings (SSSR count). The lowest BCUT2D eigenvalue weighted by Gasteiger charge is -2.07. The van der Waals surface area contributed by atoms with Crippen LogP contribution in [0.1, 0.15) is 25.6 Å². The van der Waals surface area contributed by atoms with Crippen LogP contribution in [0.4, 0.5) is 10.1 Å². The summed E-state index contributed by atoms with van der Waals surface area (Å²) < 4.78 is 18.0. The predicted molar refractivity (Wildman–Crippen MR) is 76.3 cm³/mol. The van der Waals surface area contributed by atoms with E-state index < -0.39 is 17.8 Å². The van der Waals surface area contributed by atoms with Crippen LogP contribution in [0.3, 0.4) is 0 Å². The number of esters is 1. The maximum absolute atomic E-state index is 13.5. The molecular formula is C14H12FNO4S. The summed E-state index contributed by atoms with van der Waals surface area (Å²) in [5, 5.41) is 13.4. The first-order valence-electron chi connectivity index (χ1n) is 5.93. The Balaban J connectivity index is 2.09. The van der Waals surface area contributed by atoms with Gasteiger partial charge in [-0.15, -0.1) is 11.3 Å². The van der Waals surface area contributed by atoms with Crippen LogP contribution in [0.5, 0.6) is 0 Å². The van der Waals surface area contributed by atoms with Crippen LogP contribution in [0.15, 0.2) is 29.6 Å². The molecule has 110 valence electrons. The highest BCUT2D eigenvalue weighted by Crippen LogP contribution is 2.19. The lowest BCUT2D eigenvalue weighted by molar-refractivity contribution is 0.0594. The normalized spacial score (nSPS) is 10.2. The quantitative estimate of drug-likeness (QED) is 0.830. The molecule has 0 atom stereocenters. The summed E-state index contributed by atoms with van der Waals surface area (Å²) >= 11 is 1.31. The van der Waals surface area contributed by atoms with Crippen molar-refractivity contribution in [2.45, 2.75) is 6.54 Å². The van der Waals surface area contributed by atoms with E-state index in [2.05, 4.69) is 10.1 Å². The van der Waals surface area contributed by atoms with Crippen molar-refractivity contribution in [3.8, 4) is 0 Å². The van der Waals surface area contributed by atoms with Gasteiger partial charge < -0.3 is 15.2 Å². The largest absolute Gasteiger partial charge is 0.478 e. The highest BCUT2D eigenvalue weighted by atomic mass is 32.1. The highest BCUT2D eigenvalue weighted by molar-refractivity contribution is 7.10. The fourth-order valence-corrected chi connectivity index (χ4v) is 2.47. The van der Waals surface area contributed by atoms with Crippen molar-refractivity contribution >= 4 is 29.0 Å². The molecular weight excluding hydrogens is 297 g/mol. The molecule has 1 aromatic heterocycles. The second-order valence-corrected chi connectivity index (χ2v) is 5.14. The van der Waals surface area contributed by atoms with Crippen LogP contribution in [0.2, 0.25) is 0 Å². The summed E-state index contributed by atoms with van der Waals surface area (Å²) in [4.78, 5) is 23.0. The fraction of sp³-hybridized carbons (Fsp3) is 0.143.